The second-order valence-corrected chi connectivity index (χ2v) is 6.14. The maximum absolute atomic E-state index is 8.49. The van der Waals surface area contributed by atoms with Crippen LogP contribution < -0.4 is 0 Å². The van der Waals surface area contributed by atoms with Crippen molar-refractivity contribution in [2.45, 2.75) is 79.0 Å². The van der Waals surface area contributed by atoms with Crippen LogP contribution in [0.5, 0.6) is 0 Å². The molecule has 1 aromatic rings. The molecule has 0 unspecified atom stereocenters. The average molecular weight is 249 g/mol. The second-order valence-electron chi connectivity index (χ2n) is 6.14. The third kappa shape index (κ3) is 3.16. The largest absolute Gasteiger partial charge is 0.0587 e. The molecule has 1 aromatic carbocycles. The topological polar surface area (TPSA) is 0 Å². The van der Waals surface area contributed by atoms with Gasteiger partial charge in [-0.25, -0.2) is 0 Å². The molecule has 0 saturated carbocycles. The highest BCUT2D eigenvalue weighted by Crippen LogP contribution is 2.36. The van der Waals surface area contributed by atoms with E-state index in [1.54, 1.807) is 0 Å². The molecule has 0 aliphatic rings. The molecule has 18 heavy (non-hydrogen) atoms. The Morgan fingerprint density at radius 2 is 1.11 bits per heavy atom. The molecule has 0 nitrogen and oxygen atoms in total. The van der Waals surface area contributed by atoms with Gasteiger partial charge in [-0.3, -0.25) is 0 Å². The lowest BCUT2D eigenvalue weighted by molar-refractivity contribution is 0.737. The Kier molecular flexibility index (Phi) is 3.64. The van der Waals surface area contributed by atoms with E-state index in [1.165, 1.54) is 0 Å². The van der Waals surface area contributed by atoms with Crippen LogP contribution in [0.15, 0.2) is 12.1 Å². The van der Waals surface area contributed by atoms with Gasteiger partial charge in [0.15, 0.2) is 0 Å². The summed E-state index contributed by atoms with van der Waals surface area (Å²) < 4.78 is 25.3. The minimum Gasteiger partial charge on any atom is -0.0587 e. The van der Waals surface area contributed by atoms with E-state index in [2.05, 4.69) is 13.8 Å². The van der Waals surface area contributed by atoms with Gasteiger partial charge in [-0.1, -0.05) is 67.5 Å². The fraction of sp³-hybridized carbons (Fsp3) is 0.667. The molecule has 102 valence electrons. The molecule has 0 heterocycles. The highest BCUT2D eigenvalue weighted by Gasteiger charge is 2.18. The van der Waals surface area contributed by atoms with Crippen molar-refractivity contribution < 1.29 is 4.11 Å². The summed E-state index contributed by atoms with van der Waals surface area (Å²) in [4.78, 5) is 0. The van der Waals surface area contributed by atoms with E-state index in [9.17, 15) is 0 Å². The summed E-state index contributed by atoms with van der Waals surface area (Å²) in [6, 6.07) is 4.01. The van der Waals surface area contributed by atoms with Crippen molar-refractivity contribution in [3.05, 3.63) is 34.4 Å². The van der Waals surface area contributed by atoms with Crippen LogP contribution in [-0.2, 0) is 0 Å². The first-order valence-corrected chi connectivity index (χ1v) is 6.85. The minimum atomic E-state index is -0.735. The van der Waals surface area contributed by atoms with Gasteiger partial charge in [0.1, 0.15) is 0 Å². The molecule has 0 aromatic heterocycles. The van der Waals surface area contributed by atoms with Crippen LogP contribution >= 0.6 is 0 Å². The third-order valence-electron chi connectivity index (χ3n) is 3.41. The predicted octanol–water partition coefficient (Wildman–Crippen LogP) is 6.18. The van der Waals surface area contributed by atoms with Gasteiger partial charge in [0.25, 0.3) is 0 Å². The monoisotopic (exact) mass is 249 g/mol. The van der Waals surface area contributed by atoms with Gasteiger partial charge in [0.05, 0.1) is 0 Å². The van der Waals surface area contributed by atoms with E-state index in [-0.39, 0.29) is 5.92 Å². The Labute approximate surface area is 118 Å². The SMILES string of the molecule is [2H]C(C)(C)c1cc(C([2H])(C)C)c(C(C)C)c(C([2H])(C)C)c1. The lowest BCUT2D eigenvalue weighted by Gasteiger charge is -2.25. The minimum absolute atomic E-state index is 0.257. The van der Waals surface area contributed by atoms with E-state index in [1.807, 2.05) is 53.7 Å². The molecule has 0 aliphatic carbocycles. The summed E-state index contributed by atoms with van der Waals surface area (Å²) in [5.74, 6) is -1.94. The molecule has 0 atom stereocenters. The molecule has 0 aliphatic heterocycles. The summed E-state index contributed by atoms with van der Waals surface area (Å²) in [5.41, 5.74) is 3.89. The Morgan fingerprint density at radius 3 is 1.33 bits per heavy atom. The molecule has 1 rings (SSSR count). The van der Waals surface area contributed by atoms with Crippen molar-refractivity contribution in [3.63, 3.8) is 0 Å². The first kappa shape index (κ1) is 11.1. The summed E-state index contributed by atoms with van der Waals surface area (Å²) in [6.07, 6.45) is 0. The van der Waals surface area contributed by atoms with Gasteiger partial charge in [-0.15, -0.1) is 0 Å². The van der Waals surface area contributed by atoms with Crippen LogP contribution in [0.25, 0.3) is 0 Å². The number of hydrogen-bond donors (Lipinski definition) is 0. The van der Waals surface area contributed by atoms with Crippen molar-refractivity contribution in [2.75, 3.05) is 0 Å². The number of hydrogen-bond acceptors (Lipinski definition) is 0. The molecule has 0 amide bonds. The normalized spacial score (nSPS) is 16.4. The molecule has 0 radical (unpaired) electrons. The van der Waals surface area contributed by atoms with E-state index >= 15 is 0 Å². The standard InChI is InChI=1S/C18H30/c1-11(2)15-9-16(12(3)4)18(14(7)8)17(10-15)13(5)6/h9-14H,1-8H3/i11D,12D,13D. The van der Waals surface area contributed by atoms with Crippen molar-refractivity contribution in [2.24, 2.45) is 0 Å². The molecule has 0 heteroatoms. The van der Waals surface area contributed by atoms with Gasteiger partial charge >= 0.3 is 0 Å². The lowest BCUT2D eigenvalue weighted by atomic mass is 9.80. The van der Waals surface area contributed by atoms with Crippen LogP contribution in [0, 0.1) is 0 Å². The van der Waals surface area contributed by atoms with Crippen molar-refractivity contribution in [1.29, 1.82) is 0 Å². The quantitative estimate of drug-likeness (QED) is 0.597. The van der Waals surface area contributed by atoms with E-state index < -0.39 is 17.7 Å². The van der Waals surface area contributed by atoms with Crippen LogP contribution in [0.4, 0.5) is 0 Å². The molecular weight excluding hydrogens is 216 g/mol. The summed E-state index contributed by atoms with van der Waals surface area (Å²) >= 11 is 0. The molecule has 0 bridgehead atoms. The van der Waals surface area contributed by atoms with E-state index in [4.69, 9.17) is 4.11 Å². The Hall–Kier alpha value is -0.780. The molecular formula is C18H30. The Morgan fingerprint density at radius 1 is 0.722 bits per heavy atom. The first-order valence-electron chi connectivity index (χ1n) is 8.35. The van der Waals surface area contributed by atoms with E-state index in [0.29, 0.717) is 0 Å². The zero-order chi connectivity index (χ0) is 16.8. The molecule has 0 N–H and O–H groups in total. The highest BCUT2D eigenvalue weighted by molar-refractivity contribution is 5.45. The summed E-state index contributed by atoms with van der Waals surface area (Å²) in [6.45, 7) is 15.5. The maximum atomic E-state index is 8.49. The van der Waals surface area contributed by atoms with Gasteiger partial charge in [0, 0.05) is 4.11 Å². The van der Waals surface area contributed by atoms with Gasteiger partial charge in [-0.2, -0.15) is 0 Å². The van der Waals surface area contributed by atoms with Crippen molar-refractivity contribution in [1.82, 2.24) is 0 Å². The van der Waals surface area contributed by atoms with Gasteiger partial charge in [0.2, 0.25) is 0 Å². The maximum Gasteiger partial charge on any atom is 0.0347 e. The van der Waals surface area contributed by atoms with Crippen LogP contribution in [0.2, 0.25) is 0 Å². The lowest BCUT2D eigenvalue weighted by Crippen LogP contribution is -2.07. The fourth-order valence-corrected chi connectivity index (χ4v) is 2.39. The Balaban J connectivity index is 3.85. The van der Waals surface area contributed by atoms with Crippen molar-refractivity contribution in [3.8, 4) is 0 Å². The highest BCUT2D eigenvalue weighted by atomic mass is 14.2. The van der Waals surface area contributed by atoms with Crippen LogP contribution in [-0.4, -0.2) is 0 Å². The van der Waals surface area contributed by atoms with Gasteiger partial charge < -0.3 is 0 Å². The van der Waals surface area contributed by atoms with E-state index in [0.717, 1.165) is 22.3 Å². The van der Waals surface area contributed by atoms with Crippen LogP contribution in [0.3, 0.4) is 0 Å². The fourth-order valence-electron chi connectivity index (χ4n) is 2.39. The van der Waals surface area contributed by atoms with Gasteiger partial charge in [-0.05, 0) is 45.9 Å². The molecule has 0 saturated heterocycles. The molecule has 0 fully saturated rings. The third-order valence-corrected chi connectivity index (χ3v) is 3.41. The average Bonchev–Trinajstić information content (AvgIpc) is 2.23. The smallest absolute Gasteiger partial charge is 0.0347 e. The predicted molar refractivity (Wildman–Crippen MR) is 82.8 cm³/mol. The zero-order valence-electron chi connectivity index (χ0n) is 16.2. The summed E-state index contributed by atoms with van der Waals surface area (Å²) in [7, 11) is 0. The second kappa shape index (κ2) is 5.91. The number of rotatable bonds is 4. The first-order chi connectivity index (χ1) is 9.15. The number of benzene rings is 1. The summed E-state index contributed by atoms with van der Waals surface area (Å²) in [5, 5.41) is 0. The van der Waals surface area contributed by atoms with Crippen LogP contribution in [0.1, 0.15) is 105 Å². The Bertz CT molecular complexity index is 474. The molecule has 0 spiro atoms. The zero-order valence-corrected chi connectivity index (χ0v) is 13.2. The van der Waals surface area contributed by atoms with Crippen molar-refractivity contribution >= 4 is 0 Å².